The summed E-state index contributed by atoms with van der Waals surface area (Å²) < 4.78 is 0. The maximum Gasteiger partial charge on any atom is 0.224 e. The molecule has 2 rings (SSSR count). The second kappa shape index (κ2) is 12.3. The molecule has 0 aliphatic rings. The van der Waals surface area contributed by atoms with Gasteiger partial charge in [0.25, 0.3) is 0 Å². The van der Waals surface area contributed by atoms with Crippen molar-refractivity contribution in [2.75, 3.05) is 12.4 Å². The second-order valence-electron chi connectivity index (χ2n) is 6.45. The summed E-state index contributed by atoms with van der Waals surface area (Å²) in [5.74, 6) is 1.08. The fourth-order valence-electron chi connectivity index (χ4n) is 2.43. The number of amides is 1. The van der Waals surface area contributed by atoms with Crippen LogP contribution in [0.4, 0.5) is 5.69 Å². The molecule has 1 aromatic carbocycles. The molecular weight excluding hydrogens is 453 g/mol. The molecule has 27 heavy (non-hydrogen) atoms. The summed E-state index contributed by atoms with van der Waals surface area (Å²) in [6, 6.07) is 13.6. The van der Waals surface area contributed by atoms with Crippen molar-refractivity contribution < 1.29 is 4.79 Å². The quantitative estimate of drug-likeness (QED) is 0.321. The van der Waals surface area contributed by atoms with Gasteiger partial charge in [-0.15, -0.1) is 24.0 Å². The third kappa shape index (κ3) is 8.85. The molecule has 3 N–H and O–H groups in total. The molecule has 0 spiro atoms. The summed E-state index contributed by atoms with van der Waals surface area (Å²) >= 11 is 0. The van der Waals surface area contributed by atoms with E-state index in [0.717, 1.165) is 16.9 Å². The average molecular weight is 481 g/mol. The number of hydrogen-bond acceptors (Lipinski definition) is 3. The third-order valence-electron chi connectivity index (χ3n) is 3.65. The molecule has 1 amide bonds. The van der Waals surface area contributed by atoms with E-state index in [1.807, 2.05) is 56.3 Å². The zero-order valence-corrected chi connectivity index (χ0v) is 18.4. The third-order valence-corrected chi connectivity index (χ3v) is 3.65. The number of aliphatic imine (C=N–C) groups is 1. The highest BCUT2D eigenvalue weighted by molar-refractivity contribution is 14.0. The number of pyridine rings is 1. The number of hydrogen-bond donors (Lipinski definition) is 3. The number of carbonyl (C=O) groups excluding carboxylic acids is 1. The largest absolute Gasteiger partial charge is 0.352 e. The lowest BCUT2D eigenvalue weighted by atomic mass is 10.1. The Morgan fingerprint density at radius 1 is 1.11 bits per heavy atom. The zero-order chi connectivity index (χ0) is 18.8. The van der Waals surface area contributed by atoms with Crippen LogP contribution in [-0.2, 0) is 17.9 Å². The van der Waals surface area contributed by atoms with Crippen molar-refractivity contribution in [1.82, 2.24) is 15.6 Å². The van der Waals surface area contributed by atoms with Crippen LogP contribution in [0, 0.1) is 5.92 Å². The van der Waals surface area contributed by atoms with Gasteiger partial charge in [0, 0.05) is 31.9 Å². The Balaban J connectivity index is 0.00000364. The van der Waals surface area contributed by atoms with Crippen molar-refractivity contribution >= 4 is 41.5 Å². The highest BCUT2D eigenvalue weighted by atomic mass is 127. The van der Waals surface area contributed by atoms with Crippen molar-refractivity contribution in [3.63, 3.8) is 0 Å². The van der Waals surface area contributed by atoms with Crippen molar-refractivity contribution in [2.24, 2.45) is 10.9 Å². The molecule has 2 aromatic rings. The number of carbonyl (C=O) groups is 1. The first-order valence-electron chi connectivity index (χ1n) is 8.80. The summed E-state index contributed by atoms with van der Waals surface area (Å²) in [5.41, 5.74) is 2.82. The Labute approximate surface area is 178 Å². The molecule has 7 heteroatoms. The van der Waals surface area contributed by atoms with Gasteiger partial charge in [-0.2, -0.15) is 0 Å². The van der Waals surface area contributed by atoms with Crippen LogP contribution in [0.25, 0.3) is 0 Å². The normalized spacial score (nSPS) is 10.9. The molecule has 0 saturated heterocycles. The lowest BCUT2D eigenvalue weighted by Crippen LogP contribution is -2.36. The van der Waals surface area contributed by atoms with Gasteiger partial charge in [0.2, 0.25) is 5.91 Å². The number of guanidine groups is 1. The van der Waals surface area contributed by atoms with Gasteiger partial charge < -0.3 is 16.0 Å². The molecule has 0 fully saturated rings. The van der Waals surface area contributed by atoms with E-state index in [4.69, 9.17) is 0 Å². The van der Waals surface area contributed by atoms with Gasteiger partial charge >= 0.3 is 0 Å². The maximum atomic E-state index is 11.9. The smallest absolute Gasteiger partial charge is 0.224 e. The average Bonchev–Trinajstić information content (AvgIpc) is 2.62. The fraction of sp³-hybridized carbons (Fsp3) is 0.350. The van der Waals surface area contributed by atoms with Crippen LogP contribution in [0.5, 0.6) is 0 Å². The minimum Gasteiger partial charge on any atom is -0.352 e. The lowest BCUT2D eigenvalue weighted by Gasteiger charge is -2.13. The molecule has 6 nitrogen and oxygen atoms in total. The molecule has 0 saturated carbocycles. The van der Waals surface area contributed by atoms with Crippen LogP contribution < -0.4 is 16.0 Å². The zero-order valence-electron chi connectivity index (χ0n) is 16.0. The molecule has 1 aromatic heterocycles. The monoisotopic (exact) mass is 481 g/mol. The molecule has 1 heterocycles. The molecule has 146 valence electrons. The van der Waals surface area contributed by atoms with Crippen molar-refractivity contribution in [3.05, 3.63) is 59.9 Å². The summed E-state index contributed by atoms with van der Waals surface area (Å²) in [7, 11) is 1.73. The van der Waals surface area contributed by atoms with E-state index < -0.39 is 0 Å². The number of nitrogens with one attached hydrogen (secondary N) is 3. The molecule has 0 aliphatic heterocycles. The minimum atomic E-state index is 0. The van der Waals surface area contributed by atoms with Crippen molar-refractivity contribution in [3.8, 4) is 0 Å². The molecule has 0 radical (unpaired) electrons. The van der Waals surface area contributed by atoms with Crippen LogP contribution >= 0.6 is 24.0 Å². The highest BCUT2D eigenvalue weighted by Crippen LogP contribution is 2.12. The first-order chi connectivity index (χ1) is 12.6. The van der Waals surface area contributed by atoms with E-state index in [2.05, 4.69) is 25.9 Å². The number of nitrogens with zero attached hydrogens (tertiary/aromatic N) is 2. The van der Waals surface area contributed by atoms with E-state index in [1.54, 1.807) is 13.2 Å². The van der Waals surface area contributed by atoms with E-state index in [-0.39, 0.29) is 29.9 Å². The number of halogens is 1. The van der Waals surface area contributed by atoms with Crippen molar-refractivity contribution in [2.45, 2.75) is 33.4 Å². The summed E-state index contributed by atoms with van der Waals surface area (Å²) in [4.78, 5) is 20.4. The minimum absolute atomic E-state index is 0. The number of aromatic nitrogens is 1. The lowest BCUT2D eigenvalue weighted by molar-refractivity contribution is -0.116. The topological polar surface area (TPSA) is 78.4 Å². The number of benzene rings is 1. The van der Waals surface area contributed by atoms with Gasteiger partial charge in [0.05, 0.1) is 12.2 Å². The Morgan fingerprint density at radius 3 is 2.56 bits per heavy atom. The molecular formula is C20H28IN5O. The molecule has 0 bridgehead atoms. The first kappa shape index (κ1) is 22.9. The SMILES string of the molecule is CN=C(NCc1cccc(NC(=O)CC(C)C)c1)NCc1ccccn1.I. The van der Waals surface area contributed by atoms with Crippen molar-refractivity contribution in [1.29, 1.82) is 0 Å². The Kier molecular flexibility index (Phi) is 10.4. The van der Waals surface area contributed by atoms with Crippen LogP contribution in [0.1, 0.15) is 31.5 Å². The van der Waals surface area contributed by atoms with Gasteiger partial charge in [0.1, 0.15) is 0 Å². The summed E-state index contributed by atoms with van der Waals surface area (Å²) in [6.07, 6.45) is 2.29. The maximum absolute atomic E-state index is 11.9. The molecule has 0 atom stereocenters. The van der Waals surface area contributed by atoms with Crippen LogP contribution in [0.2, 0.25) is 0 Å². The Bertz CT molecular complexity index is 734. The van der Waals surface area contributed by atoms with Gasteiger partial charge in [-0.3, -0.25) is 14.8 Å². The Morgan fingerprint density at radius 2 is 1.89 bits per heavy atom. The van der Waals surface area contributed by atoms with Crippen LogP contribution in [0.3, 0.4) is 0 Å². The van der Waals surface area contributed by atoms with Gasteiger partial charge in [-0.1, -0.05) is 32.0 Å². The van der Waals surface area contributed by atoms with Gasteiger partial charge in [-0.25, -0.2) is 0 Å². The van der Waals surface area contributed by atoms with Crippen LogP contribution in [-0.4, -0.2) is 23.9 Å². The van der Waals surface area contributed by atoms with E-state index in [1.165, 1.54) is 0 Å². The number of anilines is 1. The molecule has 0 unspecified atom stereocenters. The summed E-state index contributed by atoms with van der Waals surface area (Å²) in [5, 5.41) is 9.44. The predicted molar refractivity (Wildman–Crippen MR) is 121 cm³/mol. The summed E-state index contributed by atoms with van der Waals surface area (Å²) in [6.45, 7) is 5.27. The fourth-order valence-corrected chi connectivity index (χ4v) is 2.43. The standard InChI is InChI=1S/C20H27N5O.HI/c1-15(2)11-19(26)25-17-9-6-7-16(12-17)13-23-20(21-3)24-14-18-8-4-5-10-22-18;/h4-10,12,15H,11,13-14H2,1-3H3,(H,25,26)(H2,21,23,24);1H. The Hall–Kier alpha value is -2.16. The van der Waals surface area contributed by atoms with E-state index >= 15 is 0 Å². The second-order valence-corrected chi connectivity index (χ2v) is 6.45. The van der Waals surface area contributed by atoms with E-state index in [9.17, 15) is 4.79 Å². The molecule has 0 aliphatic carbocycles. The van der Waals surface area contributed by atoms with Gasteiger partial charge in [-0.05, 0) is 35.7 Å². The van der Waals surface area contributed by atoms with Crippen LogP contribution in [0.15, 0.2) is 53.7 Å². The predicted octanol–water partition coefficient (Wildman–Crippen LogP) is 3.55. The number of rotatable bonds is 7. The highest BCUT2D eigenvalue weighted by Gasteiger charge is 2.06. The first-order valence-corrected chi connectivity index (χ1v) is 8.80. The van der Waals surface area contributed by atoms with E-state index in [0.29, 0.717) is 31.4 Å². The van der Waals surface area contributed by atoms with Gasteiger partial charge in [0.15, 0.2) is 5.96 Å².